The normalized spacial score (nSPS) is 16.2. The summed E-state index contributed by atoms with van der Waals surface area (Å²) in [7, 11) is 5.26. The summed E-state index contributed by atoms with van der Waals surface area (Å²) in [5.74, 6) is -0.839. The Morgan fingerprint density at radius 3 is 2.91 bits per heavy atom. The Balaban J connectivity index is 1.50. The van der Waals surface area contributed by atoms with E-state index in [9.17, 15) is 9.18 Å². The molecule has 5 rings (SSSR count). The van der Waals surface area contributed by atoms with E-state index in [0.29, 0.717) is 33.4 Å². The molecule has 0 aliphatic carbocycles. The molecule has 3 heterocycles. The number of aromatic nitrogens is 3. The summed E-state index contributed by atoms with van der Waals surface area (Å²) in [4.78, 5) is 20.0. The first-order valence-electron chi connectivity index (χ1n) is 10.3. The lowest BCUT2D eigenvalue weighted by Gasteiger charge is -2.20. The number of ether oxygens (including phenoxy) is 1. The molecule has 0 bridgehead atoms. The van der Waals surface area contributed by atoms with Crippen molar-refractivity contribution in [2.75, 3.05) is 37.5 Å². The smallest absolute Gasteiger partial charge is 0.274 e. The van der Waals surface area contributed by atoms with Crippen molar-refractivity contribution < 1.29 is 13.9 Å². The van der Waals surface area contributed by atoms with Gasteiger partial charge in [0.25, 0.3) is 11.1 Å². The van der Waals surface area contributed by atoms with Gasteiger partial charge in [0.15, 0.2) is 5.82 Å². The highest BCUT2D eigenvalue weighted by molar-refractivity contribution is 7.21. The van der Waals surface area contributed by atoms with E-state index >= 15 is 0 Å². The van der Waals surface area contributed by atoms with Crippen LogP contribution in [0, 0.1) is 5.82 Å². The maximum absolute atomic E-state index is 14.4. The molecule has 1 amide bonds. The molecule has 0 radical (unpaired) electrons. The van der Waals surface area contributed by atoms with Gasteiger partial charge in [-0.1, -0.05) is 11.3 Å². The number of hydrogen-bond acceptors (Lipinski definition) is 7. The Bertz CT molecular complexity index is 1330. The Morgan fingerprint density at radius 1 is 1.31 bits per heavy atom. The fourth-order valence-corrected chi connectivity index (χ4v) is 5.14. The average molecular weight is 455 g/mol. The van der Waals surface area contributed by atoms with Gasteiger partial charge in [-0.2, -0.15) is 5.10 Å². The van der Waals surface area contributed by atoms with E-state index in [1.165, 1.54) is 17.4 Å². The first-order valence-corrected chi connectivity index (χ1v) is 11.1. The highest BCUT2D eigenvalue weighted by Crippen LogP contribution is 2.38. The van der Waals surface area contributed by atoms with Crippen LogP contribution in [0.2, 0.25) is 0 Å². The van der Waals surface area contributed by atoms with Crippen LogP contribution in [0.25, 0.3) is 21.1 Å². The SMILES string of the molecule is CN[C@H]1CCN(c2ccc(C(=O)Nc3cc(F)c4nn(C)cc4c3)c3nc(OC)sc23)C1. The summed E-state index contributed by atoms with van der Waals surface area (Å²) in [6.07, 6.45) is 2.76. The van der Waals surface area contributed by atoms with Crippen LogP contribution in [0.3, 0.4) is 0 Å². The fourth-order valence-electron chi connectivity index (χ4n) is 4.19. The lowest BCUT2D eigenvalue weighted by molar-refractivity contribution is 0.102. The minimum Gasteiger partial charge on any atom is -0.473 e. The van der Waals surface area contributed by atoms with E-state index in [4.69, 9.17) is 4.74 Å². The predicted octanol–water partition coefficient (Wildman–Crippen LogP) is 3.38. The van der Waals surface area contributed by atoms with Crippen molar-refractivity contribution >= 4 is 49.7 Å². The number of carbonyl (C=O) groups excluding carboxylic acids is 1. The molecule has 2 aromatic heterocycles. The number of rotatable bonds is 5. The molecule has 0 saturated carbocycles. The van der Waals surface area contributed by atoms with Gasteiger partial charge in [0.2, 0.25) is 0 Å². The van der Waals surface area contributed by atoms with Crippen LogP contribution in [0.15, 0.2) is 30.5 Å². The molecule has 1 fully saturated rings. The molecular formula is C22H23FN6O2S. The van der Waals surface area contributed by atoms with Crippen molar-refractivity contribution in [2.24, 2.45) is 7.05 Å². The molecule has 4 aromatic rings. The molecule has 32 heavy (non-hydrogen) atoms. The second kappa shape index (κ2) is 8.03. The molecule has 1 saturated heterocycles. The number of nitrogens with zero attached hydrogens (tertiary/aromatic N) is 4. The molecule has 8 nitrogen and oxygen atoms in total. The zero-order chi connectivity index (χ0) is 22.4. The van der Waals surface area contributed by atoms with E-state index in [2.05, 4.69) is 25.6 Å². The van der Waals surface area contributed by atoms with Gasteiger partial charge in [0.1, 0.15) is 11.0 Å². The van der Waals surface area contributed by atoms with Gasteiger partial charge in [-0.25, -0.2) is 9.37 Å². The third-order valence-corrected chi connectivity index (χ3v) is 6.83. The Kier molecular flexibility index (Phi) is 5.18. The zero-order valence-corrected chi connectivity index (χ0v) is 18.8. The maximum Gasteiger partial charge on any atom is 0.274 e. The van der Waals surface area contributed by atoms with Crippen LogP contribution >= 0.6 is 11.3 Å². The number of aryl methyl sites for hydroxylation is 1. The molecule has 1 aliphatic heterocycles. The molecule has 10 heteroatoms. The number of hydrogen-bond donors (Lipinski definition) is 2. The van der Waals surface area contributed by atoms with E-state index in [0.717, 1.165) is 29.9 Å². The van der Waals surface area contributed by atoms with Crippen LogP contribution in [0.5, 0.6) is 5.19 Å². The third-order valence-electron chi connectivity index (χ3n) is 5.79. The van der Waals surface area contributed by atoms with Gasteiger partial charge >= 0.3 is 0 Å². The molecule has 0 unspecified atom stereocenters. The van der Waals surface area contributed by atoms with Gasteiger partial charge in [-0.3, -0.25) is 9.48 Å². The van der Waals surface area contributed by atoms with E-state index < -0.39 is 5.82 Å². The molecule has 166 valence electrons. The number of amides is 1. The van der Waals surface area contributed by atoms with Crippen LogP contribution in [0.1, 0.15) is 16.8 Å². The Labute approximate surface area is 188 Å². The Hall–Kier alpha value is -3.24. The van der Waals surface area contributed by atoms with Crippen LogP contribution in [-0.4, -0.2) is 54.0 Å². The van der Waals surface area contributed by atoms with Crippen LogP contribution < -0.4 is 20.3 Å². The lowest BCUT2D eigenvalue weighted by Crippen LogP contribution is -2.29. The number of thiazole rings is 1. The van der Waals surface area contributed by atoms with E-state index in [1.807, 2.05) is 13.1 Å². The number of likely N-dealkylation sites (N-methyl/N-ethyl adjacent to an activating group) is 1. The molecule has 1 atom stereocenters. The number of halogens is 1. The van der Waals surface area contributed by atoms with Crippen LogP contribution in [-0.2, 0) is 7.05 Å². The quantitative estimate of drug-likeness (QED) is 0.481. The van der Waals surface area contributed by atoms with Gasteiger partial charge in [-0.15, -0.1) is 0 Å². The number of nitrogens with one attached hydrogen (secondary N) is 2. The highest BCUT2D eigenvalue weighted by Gasteiger charge is 2.26. The maximum atomic E-state index is 14.4. The van der Waals surface area contributed by atoms with Crippen molar-refractivity contribution in [3.05, 3.63) is 41.8 Å². The predicted molar refractivity (Wildman–Crippen MR) is 124 cm³/mol. The summed E-state index contributed by atoms with van der Waals surface area (Å²) in [6, 6.07) is 7.15. The monoisotopic (exact) mass is 454 g/mol. The third kappa shape index (κ3) is 3.55. The van der Waals surface area contributed by atoms with Gasteiger partial charge in [0, 0.05) is 43.4 Å². The molecular weight excluding hydrogens is 431 g/mol. The second-order valence-corrected chi connectivity index (χ2v) is 8.83. The van der Waals surface area contributed by atoms with Gasteiger partial charge < -0.3 is 20.3 Å². The fraction of sp³-hybridized carbons (Fsp3) is 0.318. The standard InChI is InChI=1S/C22H23FN6O2S/c1-24-13-6-7-29(11-13)17-5-4-15(19-20(17)32-22(26-19)31-3)21(30)25-14-8-12-10-28(2)27-18(12)16(23)9-14/h4-5,8-10,13,24H,6-7,11H2,1-3H3,(H,25,30)/t13-/m0/s1. The van der Waals surface area contributed by atoms with E-state index in [1.54, 1.807) is 37.2 Å². The highest BCUT2D eigenvalue weighted by atomic mass is 32.1. The first-order chi connectivity index (χ1) is 15.5. The number of carbonyl (C=O) groups is 1. The van der Waals surface area contributed by atoms with Crippen LogP contribution in [0.4, 0.5) is 15.8 Å². The minimum absolute atomic E-state index is 0.270. The first kappa shape index (κ1) is 20.7. The molecule has 2 N–H and O–H groups in total. The number of benzene rings is 2. The average Bonchev–Trinajstić information content (AvgIpc) is 3.50. The lowest BCUT2D eigenvalue weighted by atomic mass is 10.1. The summed E-state index contributed by atoms with van der Waals surface area (Å²) in [5, 5.41) is 11.3. The summed E-state index contributed by atoms with van der Waals surface area (Å²) in [5.41, 5.74) is 2.67. The minimum atomic E-state index is -0.484. The van der Waals surface area contributed by atoms with Gasteiger partial charge in [0.05, 0.1) is 23.1 Å². The second-order valence-electron chi connectivity index (χ2n) is 7.87. The van der Waals surface area contributed by atoms with Crippen molar-refractivity contribution in [1.29, 1.82) is 0 Å². The van der Waals surface area contributed by atoms with Crippen molar-refractivity contribution in [1.82, 2.24) is 20.1 Å². The van der Waals surface area contributed by atoms with Crippen molar-refractivity contribution in [3.8, 4) is 5.19 Å². The number of anilines is 2. The topological polar surface area (TPSA) is 84.3 Å². The molecule has 2 aromatic carbocycles. The van der Waals surface area contributed by atoms with Crippen molar-refractivity contribution in [2.45, 2.75) is 12.5 Å². The largest absolute Gasteiger partial charge is 0.473 e. The molecule has 0 spiro atoms. The zero-order valence-electron chi connectivity index (χ0n) is 18.0. The Morgan fingerprint density at radius 2 is 2.16 bits per heavy atom. The van der Waals surface area contributed by atoms with Crippen molar-refractivity contribution in [3.63, 3.8) is 0 Å². The number of fused-ring (bicyclic) bond motifs is 2. The summed E-state index contributed by atoms with van der Waals surface area (Å²) >= 11 is 1.42. The van der Waals surface area contributed by atoms with E-state index in [-0.39, 0.29) is 11.4 Å². The summed E-state index contributed by atoms with van der Waals surface area (Å²) in [6.45, 7) is 1.82. The molecule has 1 aliphatic rings. The summed E-state index contributed by atoms with van der Waals surface area (Å²) < 4.78 is 22.2. The van der Waals surface area contributed by atoms with Gasteiger partial charge in [-0.05, 0) is 37.7 Å². The number of methoxy groups -OCH3 is 1.